The Morgan fingerprint density at radius 2 is 2.33 bits per heavy atom. The predicted octanol–water partition coefficient (Wildman–Crippen LogP) is 1.49. The number of likely N-dealkylation sites (N-methyl/N-ethyl adjacent to an activating group) is 1. The van der Waals surface area contributed by atoms with Crippen LogP contribution in [-0.2, 0) is 16.1 Å². The molecule has 0 aromatic carbocycles. The number of ether oxygens (including phenoxy) is 1. The second-order valence-corrected chi connectivity index (χ2v) is 4.28. The maximum atomic E-state index is 11.2. The van der Waals surface area contributed by atoms with Crippen molar-refractivity contribution in [1.82, 2.24) is 9.88 Å². The zero-order valence-electron chi connectivity index (χ0n) is 10.8. The highest BCUT2D eigenvalue weighted by molar-refractivity contribution is 5.95. The Bertz CT molecular complexity index is 392. The van der Waals surface area contributed by atoms with E-state index in [1.54, 1.807) is 13.1 Å². The van der Waals surface area contributed by atoms with Gasteiger partial charge in [0.2, 0.25) is 0 Å². The van der Waals surface area contributed by atoms with Gasteiger partial charge in [0.15, 0.2) is 0 Å². The van der Waals surface area contributed by atoms with E-state index in [1.807, 2.05) is 25.4 Å². The van der Waals surface area contributed by atoms with Gasteiger partial charge in [-0.1, -0.05) is 6.07 Å². The summed E-state index contributed by atoms with van der Waals surface area (Å²) in [7, 11) is 1.96. The molecule has 1 N–H and O–H groups in total. The minimum atomic E-state index is -0.336. The van der Waals surface area contributed by atoms with Crippen LogP contribution < -0.4 is 0 Å². The van der Waals surface area contributed by atoms with Crippen molar-refractivity contribution in [2.75, 3.05) is 20.2 Å². The number of hydrogen-bond donors (Lipinski definition) is 1. The summed E-state index contributed by atoms with van der Waals surface area (Å²) in [5.74, 6) is -0.336. The Kier molecular flexibility index (Phi) is 6.00. The number of hydrogen-bond acceptors (Lipinski definition) is 5. The Balaban J connectivity index is 2.19. The van der Waals surface area contributed by atoms with E-state index in [9.17, 15) is 4.79 Å². The Hall–Kier alpha value is -1.75. The van der Waals surface area contributed by atoms with Gasteiger partial charge < -0.3 is 10.1 Å². The summed E-state index contributed by atoms with van der Waals surface area (Å²) in [6.45, 7) is 3.38. The first kappa shape index (κ1) is 14.3. The van der Waals surface area contributed by atoms with Gasteiger partial charge in [0, 0.05) is 31.2 Å². The van der Waals surface area contributed by atoms with Gasteiger partial charge in [0.25, 0.3) is 0 Å². The molecule has 0 aliphatic rings. The Morgan fingerprint density at radius 1 is 1.56 bits per heavy atom. The summed E-state index contributed by atoms with van der Waals surface area (Å²) < 4.78 is 5.02. The van der Waals surface area contributed by atoms with E-state index in [0.717, 1.165) is 12.1 Å². The van der Waals surface area contributed by atoms with E-state index >= 15 is 0 Å². The normalized spacial score (nSPS) is 10.4. The van der Waals surface area contributed by atoms with Gasteiger partial charge in [-0.05, 0) is 25.6 Å². The lowest BCUT2D eigenvalue weighted by molar-refractivity contribution is -0.142. The summed E-state index contributed by atoms with van der Waals surface area (Å²) in [6, 6.07) is 3.91. The van der Waals surface area contributed by atoms with Crippen molar-refractivity contribution < 1.29 is 9.53 Å². The van der Waals surface area contributed by atoms with Gasteiger partial charge in [-0.15, -0.1) is 0 Å². The predicted molar refractivity (Wildman–Crippen MR) is 69.5 cm³/mol. The van der Waals surface area contributed by atoms with Gasteiger partial charge in [0.1, 0.15) is 6.61 Å². The van der Waals surface area contributed by atoms with Crippen LogP contribution in [0.5, 0.6) is 0 Å². The molecule has 0 unspecified atom stereocenters. The van der Waals surface area contributed by atoms with Gasteiger partial charge in [0.05, 0.1) is 6.42 Å². The average Bonchev–Trinajstić information content (AvgIpc) is 2.29. The van der Waals surface area contributed by atoms with E-state index in [1.165, 1.54) is 0 Å². The van der Waals surface area contributed by atoms with E-state index in [-0.39, 0.29) is 12.4 Å². The maximum Gasteiger partial charge on any atom is 0.311 e. The molecule has 18 heavy (non-hydrogen) atoms. The zero-order chi connectivity index (χ0) is 13.4. The lowest BCUT2D eigenvalue weighted by Crippen LogP contribution is -2.24. The van der Waals surface area contributed by atoms with Crippen molar-refractivity contribution in [3.8, 4) is 0 Å². The number of rotatable bonds is 7. The van der Waals surface area contributed by atoms with Crippen LogP contribution in [0.4, 0.5) is 0 Å². The van der Waals surface area contributed by atoms with Crippen LogP contribution in [-0.4, -0.2) is 41.8 Å². The molecule has 1 heterocycles. The molecular formula is C13H19N3O2. The topological polar surface area (TPSA) is 66.3 Å². The monoisotopic (exact) mass is 249 g/mol. The van der Waals surface area contributed by atoms with Crippen LogP contribution in [0.3, 0.4) is 0 Å². The second kappa shape index (κ2) is 7.55. The van der Waals surface area contributed by atoms with Gasteiger partial charge >= 0.3 is 5.97 Å². The van der Waals surface area contributed by atoms with Gasteiger partial charge in [-0.3, -0.25) is 14.7 Å². The molecule has 0 amide bonds. The van der Waals surface area contributed by atoms with E-state index < -0.39 is 0 Å². The minimum absolute atomic E-state index is 0.0757. The molecule has 1 aromatic heterocycles. The van der Waals surface area contributed by atoms with Crippen molar-refractivity contribution in [3.05, 3.63) is 30.1 Å². The maximum absolute atomic E-state index is 11.2. The van der Waals surface area contributed by atoms with Crippen LogP contribution >= 0.6 is 0 Å². The average molecular weight is 249 g/mol. The number of pyridine rings is 1. The van der Waals surface area contributed by atoms with Crippen molar-refractivity contribution in [3.63, 3.8) is 0 Å². The highest BCUT2D eigenvalue weighted by atomic mass is 16.5. The third kappa shape index (κ3) is 6.10. The van der Waals surface area contributed by atoms with Crippen molar-refractivity contribution in [2.45, 2.75) is 19.9 Å². The summed E-state index contributed by atoms with van der Waals surface area (Å²) in [4.78, 5) is 17.3. The Labute approximate surface area is 107 Å². The highest BCUT2D eigenvalue weighted by Gasteiger charge is 2.05. The molecule has 0 spiro atoms. The fourth-order valence-electron chi connectivity index (χ4n) is 1.47. The minimum Gasteiger partial charge on any atom is -0.464 e. The molecule has 1 rings (SSSR count). The van der Waals surface area contributed by atoms with E-state index in [2.05, 4.69) is 9.88 Å². The Morgan fingerprint density at radius 3 is 2.94 bits per heavy atom. The van der Waals surface area contributed by atoms with Gasteiger partial charge in [-0.25, -0.2) is 0 Å². The van der Waals surface area contributed by atoms with Crippen LogP contribution in [0.2, 0.25) is 0 Å². The molecule has 98 valence electrons. The number of esters is 1. The third-order valence-corrected chi connectivity index (χ3v) is 2.32. The summed E-state index contributed by atoms with van der Waals surface area (Å²) in [5.41, 5.74) is 1.45. The number of nitrogens with zero attached hydrogens (tertiary/aromatic N) is 2. The molecule has 5 nitrogen and oxygen atoms in total. The molecule has 0 fully saturated rings. The molecule has 0 aliphatic heterocycles. The standard InChI is InChI=1S/C13H19N3O2/c1-11(14)8-13(17)18-7-6-16(2)10-12-4-3-5-15-9-12/h3-5,9,14H,6-8,10H2,1-2H3. The zero-order valence-corrected chi connectivity index (χ0v) is 10.8. The molecule has 0 saturated heterocycles. The van der Waals surface area contributed by atoms with Crippen LogP contribution in [0.25, 0.3) is 0 Å². The second-order valence-electron chi connectivity index (χ2n) is 4.28. The fourth-order valence-corrected chi connectivity index (χ4v) is 1.47. The lowest BCUT2D eigenvalue weighted by atomic mass is 10.3. The van der Waals surface area contributed by atoms with E-state index in [4.69, 9.17) is 10.1 Å². The van der Waals surface area contributed by atoms with Crippen LogP contribution in [0.1, 0.15) is 18.9 Å². The molecule has 5 heteroatoms. The first-order valence-corrected chi connectivity index (χ1v) is 5.85. The number of nitrogens with one attached hydrogen (secondary N) is 1. The van der Waals surface area contributed by atoms with Gasteiger partial charge in [-0.2, -0.15) is 0 Å². The quantitative estimate of drug-likeness (QED) is 0.587. The van der Waals surface area contributed by atoms with Crippen molar-refractivity contribution in [2.24, 2.45) is 0 Å². The van der Waals surface area contributed by atoms with Crippen LogP contribution in [0.15, 0.2) is 24.5 Å². The SMILES string of the molecule is CC(=N)CC(=O)OCCN(C)Cc1cccnc1. The molecule has 0 saturated carbocycles. The number of carbonyl (C=O) groups is 1. The molecule has 1 aromatic rings. The van der Waals surface area contributed by atoms with Crippen molar-refractivity contribution >= 4 is 11.7 Å². The first-order chi connectivity index (χ1) is 8.58. The fraction of sp³-hybridized carbons (Fsp3) is 0.462. The largest absolute Gasteiger partial charge is 0.464 e. The molecule has 0 atom stereocenters. The van der Waals surface area contributed by atoms with Crippen molar-refractivity contribution in [1.29, 1.82) is 5.41 Å². The van der Waals surface area contributed by atoms with Crippen LogP contribution in [0, 0.1) is 5.41 Å². The number of carbonyl (C=O) groups excluding carboxylic acids is 1. The molecular weight excluding hydrogens is 230 g/mol. The molecule has 0 bridgehead atoms. The molecule has 0 radical (unpaired) electrons. The third-order valence-electron chi connectivity index (χ3n) is 2.32. The smallest absolute Gasteiger partial charge is 0.311 e. The highest BCUT2D eigenvalue weighted by Crippen LogP contribution is 2.00. The summed E-state index contributed by atoms with van der Waals surface area (Å²) in [5, 5.41) is 7.18. The lowest BCUT2D eigenvalue weighted by Gasteiger charge is -2.16. The van der Waals surface area contributed by atoms with E-state index in [0.29, 0.717) is 18.9 Å². The summed E-state index contributed by atoms with van der Waals surface area (Å²) >= 11 is 0. The first-order valence-electron chi connectivity index (χ1n) is 5.85. The molecule has 0 aliphatic carbocycles. The number of aromatic nitrogens is 1. The summed E-state index contributed by atoms with van der Waals surface area (Å²) in [6.07, 6.45) is 3.64.